The number of ether oxygens (including phenoxy) is 1. The van der Waals surface area contributed by atoms with Gasteiger partial charge in [0.2, 0.25) is 11.9 Å². The largest absolute Gasteiger partial charge is 0.402 e. The van der Waals surface area contributed by atoms with Gasteiger partial charge in [0, 0.05) is 20.7 Å². The van der Waals surface area contributed by atoms with E-state index in [1.165, 1.54) is 9.80 Å². The number of aromatic nitrogens is 2. The molecule has 0 aliphatic carbocycles. The van der Waals surface area contributed by atoms with Crippen molar-refractivity contribution in [2.24, 2.45) is 10.9 Å². The van der Waals surface area contributed by atoms with Crippen LogP contribution in [-0.4, -0.2) is 59.4 Å². The van der Waals surface area contributed by atoms with E-state index in [1.54, 1.807) is 14.2 Å². The molecule has 0 N–H and O–H groups in total. The molecule has 0 radical (unpaired) electrons. The number of urea groups is 1. The average molecular weight is 348 g/mol. The van der Waals surface area contributed by atoms with Crippen LogP contribution in [0.2, 0.25) is 0 Å². The number of hydrogen-bond donors (Lipinski definition) is 0. The van der Waals surface area contributed by atoms with Crippen molar-refractivity contribution in [2.45, 2.75) is 39.8 Å². The topological polar surface area (TPSA) is 71.0 Å². The fourth-order valence-electron chi connectivity index (χ4n) is 3.28. The molecule has 1 aromatic rings. The van der Waals surface area contributed by atoms with E-state index in [2.05, 4.69) is 18.8 Å². The number of methoxy groups -OCH3 is 1. The van der Waals surface area contributed by atoms with Crippen LogP contribution in [0.5, 0.6) is 0 Å². The summed E-state index contributed by atoms with van der Waals surface area (Å²) in [6.45, 7) is 7.78. The molecule has 3 heterocycles. The van der Waals surface area contributed by atoms with Crippen molar-refractivity contribution in [3.8, 4) is 0 Å². The molecular formula is C17H26N5O3+. The molecule has 8 heteroatoms. The SMILES string of the molecule is COCCn1c(C)c[n+]2c1N=C1C2C(=O)N(CCC(C)C)C(=O)N1C. The van der Waals surface area contributed by atoms with E-state index in [1.807, 2.05) is 22.3 Å². The average Bonchev–Trinajstić information content (AvgIpc) is 3.06. The summed E-state index contributed by atoms with van der Waals surface area (Å²) in [5.41, 5.74) is 1.01. The fourth-order valence-corrected chi connectivity index (χ4v) is 3.28. The van der Waals surface area contributed by atoms with Crippen LogP contribution >= 0.6 is 0 Å². The number of aryl methyl sites for hydroxylation is 1. The lowest BCUT2D eigenvalue weighted by atomic mass is 10.1. The first-order valence-electron chi connectivity index (χ1n) is 8.64. The van der Waals surface area contributed by atoms with E-state index in [0.29, 0.717) is 37.4 Å². The second-order valence-corrected chi connectivity index (χ2v) is 7.01. The summed E-state index contributed by atoms with van der Waals surface area (Å²) < 4.78 is 9.04. The molecule has 1 saturated heterocycles. The smallest absolute Gasteiger partial charge is 0.381 e. The highest BCUT2D eigenvalue weighted by Gasteiger charge is 2.52. The van der Waals surface area contributed by atoms with Gasteiger partial charge in [0.25, 0.3) is 5.91 Å². The number of aliphatic imine (C=N–C) groups is 1. The van der Waals surface area contributed by atoms with Crippen LogP contribution in [0.1, 0.15) is 32.0 Å². The molecule has 1 fully saturated rings. The van der Waals surface area contributed by atoms with Gasteiger partial charge in [-0.15, -0.1) is 0 Å². The quantitative estimate of drug-likeness (QED) is 0.727. The summed E-state index contributed by atoms with van der Waals surface area (Å²) in [4.78, 5) is 33.1. The van der Waals surface area contributed by atoms with Gasteiger partial charge in [-0.05, 0) is 19.3 Å². The number of carbonyl (C=O) groups is 2. The minimum Gasteiger partial charge on any atom is -0.381 e. The number of nitrogens with zero attached hydrogens (tertiary/aromatic N) is 5. The molecular weight excluding hydrogens is 322 g/mol. The molecule has 0 spiro atoms. The lowest BCUT2D eigenvalue weighted by molar-refractivity contribution is -0.677. The van der Waals surface area contributed by atoms with Crippen molar-refractivity contribution < 1.29 is 18.9 Å². The molecule has 2 aliphatic heterocycles. The van der Waals surface area contributed by atoms with Gasteiger partial charge in [0.15, 0.2) is 0 Å². The Balaban J connectivity index is 1.96. The number of likely N-dealkylation sites (N-methyl/N-ethyl adjacent to an activating group) is 1. The third-order valence-corrected chi connectivity index (χ3v) is 4.77. The van der Waals surface area contributed by atoms with Gasteiger partial charge in [-0.2, -0.15) is 0 Å². The van der Waals surface area contributed by atoms with Gasteiger partial charge in [0.1, 0.15) is 11.9 Å². The van der Waals surface area contributed by atoms with Crippen LogP contribution in [0, 0.1) is 12.8 Å². The highest BCUT2D eigenvalue weighted by molar-refractivity contribution is 6.19. The van der Waals surface area contributed by atoms with Gasteiger partial charge in [-0.3, -0.25) is 14.6 Å². The fraction of sp³-hybridized carbons (Fsp3) is 0.647. The van der Waals surface area contributed by atoms with E-state index in [0.717, 1.165) is 12.1 Å². The van der Waals surface area contributed by atoms with E-state index >= 15 is 0 Å². The maximum atomic E-state index is 13.0. The third kappa shape index (κ3) is 2.84. The van der Waals surface area contributed by atoms with E-state index < -0.39 is 6.04 Å². The van der Waals surface area contributed by atoms with Crippen LogP contribution in [0.3, 0.4) is 0 Å². The van der Waals surface area contributed by atoms with Crippen LogP contribution in [0.4, 0.5) is 10.7 Å². The van der Waals surface area contributed by atoms with Crippen LogP contribution < -0.4 is 4.57 Å². The predicted octanol–water partition coefficient (Wildman–Crippen LogP) is 1.26. The minimum absolute atomic E-state index is 0.199. The first-order valence-corrected chi connectivity index (χ1v) is 8.64. The molecule has 1 aromatic heterocycles. The Kier molecular flexibility index (Phi) is 4.64. The minimum atomic E-state index is -0.563. The molecule has 3 amide bonds. The lowest BCUT2D eigenvalue weighted by Crippen LogP contribution is -2.62. The second-order valence-electron chi connectivity index (χ2n) is 7.01. The molecule has 0 saturated carbocycles. The van der Waals surface area contributed by atoms with E-state index in [9.17, 15) is 9.59 Å². The van der Waals surface area contributed by atoms with Crippen molar-refractivity contribution in [2.75, 3.05) is 27.3 Å². The Bertz CT molecular complexity index is 737. The monoisotopic (exact) mass is 348 g/mol. The Morgan fingerprint density at radius 2 is 2.04 bits per heavy atom. The molecule has 0 aromatic carbocycles. The summed E-state index contributed by atoms with van der Waals surface area (Å²) in [5, 5.41) is 0. The summed E-state index contributed by atoms with van der Waals surface area (Å²) in [6.07, 6.45) is 2.71. The number of imide groups is 1. The Morgan fingerprint density at radius 1 is 1.32 bits per heavy atom. The molecule has 136 valence electrons. The molecule has 1 atom stereocenters. The van der Waals surface area contributed by atoms with Gasteiger partial charge in [-0.1, -0.05) is 18.8 Å². The molecule has 2 aliphatic rings. The predicted molar refractivity (Wildman–Crippen MR) is 91.7 cm³/mol. The van der Waals surface area contributed by atoms with Crippen LogP contribution in [-0.2, 0) is 16.1 Å². The number of hydrogen-bond acceptors (Lipinski definition) is 4. The third-order valence-electron chi connectivity index (χ3n) is 4.77. The Hall–Kier alpha value is -2.22. The number of imidazole rings is 1. The summed E-state index contributed by atoms with van der Waals surface area (Å²) in [5.74, 6) is 1.41. The van der Waals surface area contributed by atoms with E-state index in [4.69, 9.17) is 4.74 Å². The Labute approximate surface area is 147 Å². The van der Waals surface area contributed by atoms with Gasteiger partial charge in [0.05, 0.1) is 13.2 Å². The zero-order chi connectivity index (χ0) is 18.3. The van der Waals surface area contributed by atoms with Gasteiger partial charge in [-0.25, -0.2) is 13.9 Å². The van der Waals surface area contributed by atoms with Crippen molar-refractivity contribution in [3.05, 3.63) is 11.9 Å². The highest BCUT2D eigenvalue weighted by atomic mass is 16.5. The van der Waals surface area contributed by atoms with Gasteiger partial charge < -0.3 is 4.74 Å². The molecule has 1 unspecified atom stereocenters. The second kappa shape index (κ2) is 6.59. The number of fused-ring (bicyclic) bond motifs is 3. The normalized spacial score (nSPS) is 19.6. The summed E-state index contributed by atoms with van der Waals surface area (Å²) in [6, 6.07) is -0.862. The first-order chi connectivity index (χ1) is 11.9. The maximum Gasteiger partial charge on any atom is 0.402 e. The van der Waals surface area contributed by atoms with E-state index in [-0.39, 0.29) is 11.9 Å². The van der Waals surface area contributed by atoms with Crippen molar-refractivity contribution in [1.82, 2.24) is 14.4 Å². The molecule has 0 bridgehead atoms. The molecule has 8 nitrogen and oxygen atoms in total. The lowest BCUT2D eigenvalue weighted by Gasteiger charge is -2.33. The summed E-state index contributed by atoms with van der Waals surface area (Å²) >= 11 is 0. The highest BCUT2D eigenvalue weighted by Crippen LogP contribution is 2.29. The maximum absolute atomic E-state index is 13.0. The molecule has 3 rings (SSSR count). The first kappa shape index (κ1) is 17.6. The van der Waals surface area contributed by atoms with Gasteiger partial charge >= 0.3 is 12.0 Å². The number of amides is 3. The standard InChI is InChI=1S/C17H26N5O3/c1-11(2)6-7-21-15(23)13-14(19(4)17(21)24)18-16-20(8-9-25-5)12(3)10-22(13)16/h10-11,13H,6-9H2,1-5H3/q+1. The van der Waals surface area contributed by atoms with Crippen molar-refractivity contribution >= 4 is 23.7 Å². The number of amidine groups is 1. The van der Waals surface area contributed by atoms with Crippen LogP contribution in [0.15, 0.2) is 11.2 Å². The molecule has 25 heavy (non-hydrogen) atoms. The number of carbonyl (C=O) groups excluding carboxylic acids is 2. The zero-order valence-electron chi connectivity index (χ0n) is 15.5. The number of rotatable bonds is 6. The van der Waals surface area contributed by atoms with Crippen molar-refractivity contribution in [1.29, 1.82) is 0 Å². The van der Waals surface area contributed by atoms with Crippen LogP contribution in [0.25, 0.3) is 0 Å². The van der Waals surface area contributed by atoms with Crippen molar-refractivity contribution in [3.63, 3.8) is 0 Å². The summed E-state index contributed by atoms with van der Waals surface area (Å²) in [7, 11) is 3.34. The Morgan fingerprint density at radius 3 is 2.68 bits per heavy atom. The zero-order valence-corrected chi connectivity index (χ0v) is 15.5.